The summed E-state index contributed by atoms with van der Waals surface area (Å²) in [6.07, 6.45) is 8.90. The first-order valence-electron chi connectivity index (χ1n) is 12.5. The fourth-order valence-electron chi connectivity index (χ4n) is 4.24. The zero-order valence-electron chi connectivity index (χ0n) is 22.8. The molecular weight excluding hydrogens is 519 g/mol. The van der Waals surface area contributed by atoms with Crippen LogP contribution in [0.2, 0.25) is 0 Å². The zero-order valence-corrected chi connectivity index (χ0v) is 23.6. The number of ketones is 1. The highest BCUT2D eigenvalue weighted by atomic mass is 32.2. The number of anilines is 1. The summed E-state index contributed by atoms with van der Waals surface area (Å²) in [6.45, 7) is 9.27. The van der Waals surface area contributed by atoms with Crippen LogP contribution in [0.1, 0.15) is 49.5 Å². The summed E-state index contributed by atoms with van der Waals surface area (Å²) in [4.78, 5) is 25.3. The van der Waals surface area contributed by atoms with E-state index in [1.54, 1.807) is 37.4 Å². The number of benzene rings is 1. The third kappa shape index (κ3) is 6.34. The molecule has 10 heteroatoms. The van der Waals surface area contributed by atoms with Crippen LogP contribution in [0.5, 0.6) is 0 Å². The minimum Gasteiger partial charge on any atom is -0.355 e. The number of hydrogen-bond acceptors (Lipinski definition) is 5. The summed E-state index contributed by atoms with van der Waals surface area (Å²) in [7, 11) is -2.23. The number of pyridine rings is 1. The average Bonchev–Trinajstić information content (AvgIpc) is 3.26. The molecule has 0 radical (unpaired) electrons. The van der Waals surface area contributed by atoms with Gasteiger partial charge in [-0.3, -0.25) is 13.9 Å². The molecule has 0 saturated carbocycles. The van der Waals surface area contributed by atoms with Gasteiger partial charge < -0.3 is 5.32 Å². The first-order valence-corrected chi connectivity index (χ1v) is 14.3. The number of nitrogens with zero attached hydrogens (tertiary/aromatic N) is 3. The molecule has 0 aliphatic carbocycles. The average molecular weight is 553 g/mol. The standard InChI is InChI=1S/C29H33FN4O4S/c1-7-10-15-34(39(6,37)38)26-18-33-25(17-24(26)21(9-3)16-20(8-2)19(4)35)27(29(36)31-5)28(32-33)22-11-13-23(30)14-12-22/h8-9,11-14,16-18H,3,7,10,15H2,1-2,4-6H3,(H,31,36). The summed E-state index contributed by atoms with van der Waals surface area (Å²) in [5, 5.41) is 7.25. The molecule has 0 fully saturated rings. The van der Waals surface area contributed by atoms with Gasteiger partial charge in [-0.2, -0.15) is 5.10 Å². The maximum absolute atomic E-state index is 13.6. The number of sulfonamides is 1. The molecule has 0 unspecified atom stereocenters. The molecule has 0 atom stereocenters. The second kappa shape index (κ2) is 12.2. The van der Waals surface area contributed by atoms with Gasteiger partial charge in [0, 0.05) is 30.3 Å². The summed E-state index contributed by atoms with van der Waals surface area (Å²) in [5.74, 6) is -1.02. The fraction of sp³-hybridized carbons (Fsp3) is 0.276. The Bertz CT molecular complexity index is 1590. The zero-order chi connectivity index (χ0) is 28.9. The lowest BCUT2D eigenvalue weighted by molar-refractivity contribution is -0.113. The Morgan fingerprint density at radius 1 is 1.23 bits per heavy atom. The van der Waals surface area contributed by atoms with Crippen molar-refractivity contribution in [3.8, 4) is 11.3 Å². The molecule has 1 aromatic carbocycles. The van der Waals surface area contributed by atoms with Crippen molar-refractivity contribution >= 4 is 38.5 Å². The van der Waals surface area contributed by atoms with E-state index in [0.717, 1.165) is 12.7 Å². The molecule has 0 spiro atoms. The van der Waals surface area contributed by atoms with Crippen molar-refractivity contribution < 1.29 is 22.4 Å². The molecule has 3 rings (SSSR count). The number of nitrogens with one attached hydrogen (secondary N) is 1. The number of carbonyl (C=O) groups excluding carboxylic acids is 2. The number of amides is 1. The van der Waals surface area contributed by atoms with Crippen LogP contribution in [0, 0.1) is 5.82 Å². The maximum Gasteiger partial charge on any atom is 0.255 e. The minimum absolute atomic E-state index is 0.167. The highest BCUT2D eigenvalue weighted by molar-refractivity contribution is 7.92. The predicted octanol–water partition coefficient (Wildman–Crippen LogP) is 5.17. The Kier molecular flexibility index (Phi) is 9.24. The fourth-order valence-corrected chi connectivity index (χ4v) is 5.20. The monoisotopic (exact) mass is 552 g/mol. The lowest BCUT2D eigenvalue weighted by Crippen LogP contribution is -2.32. The number of Topliss-reactive ketones (excluding diaryl/α,β-unsaturated/α-hetero) is 1. The number of allylic oxidation sites excluding steroid dienone is 5. The van der Waals surface area contributed by atoms with Gasteiger partial charge in [0.1, 0.15) is 11.5 Å². The topological polar surface area (TPSA) is 101 Å². The normalized spacial score (nSPS) is 12.5. The van der Waals surface area contributed by atoms with Gasteiger partial charge in [-0.1, -0.05) is 32.1 Å². The Morgan fingerprint density at radius 3 is 2.41 bits per heavy atom. The van der Waals surface area contributed by atoms with E-state index >= 15 is 0 Å². The molecule has 2 aromatic heterocycles. The van der Waals surface area contributed by atoms with Crippen LogP contribution in [0.4, 0.5) is 10.1 Å². The van der Waals surface area contributed by atoms with Gasteiger partial charge >= 0.3 is 0 Å². The van der Waals surface area contributed by atoms with Gasteiger partial charge in [0.15, 0.2) is 5.78 Å². The summed E-state index contributed by atoms with van der Waals surface area (Å²) in [5.41, 5.74) is 3.14. The second-order valence-corrected chi connectivity index (χ2v) is 10.9. The van der Waals surface area contributed by atoms with Gasteiger partial charge in [-0.25, -0.2) is 17.3 Å². The third-order valence-corrected chi connectivity index (χ3v) is 7.44. The van der Waals surface area contributed by atoms with Crippen molar-refractivity contribution in [3.05, 3.63) is 83.9 Å². The molecule has 206 valence electrons. The van der Waals surface area contributed by atoms with Crippen molar-refractivity contribution in [1.82, 2.24) is 14.9 Å². The molecule has 1 N–H and O–H groups in total. The second-order valence-electron chi connectivity index (χ2n) is 9.00. The van der Waals surface area contributed by atoms with Crippen molar-refractivity contribution in [1.29, 1.82) is 0 Å². The van der Waals surface area contributed by atoms with Crippen molar-refractivity contribution in [2.45, 2.75) is 33.6 Å². The quantitative estimate of drug-likeness (QED) is 0.261. The van der Waals surface area contributed by atoms with Crippen molar-refractivity contribution in [2.75, 3.05) is 24.2 Å². The summed E-state index contributed by atoms with van der Waals surface area (Å²) in [6, 6.07) is 7.27. The third-order valence-electron chi connectivity index (χ3n) is 6.26. The van der Waals surface area contributed by atoms with Crippen LogP contribution in [-0.4, -0.2) is 49.6 Å². The van der Waals surface area contributed by atoms with Gasteiger partial charge in [0.25, 0.3) is 5.91 Å². The highest BCUT2D eigenvalue weighted by Crippen LogP contribution is 2.35. The Hall–Kier alpha value is -4.05. The largest absolute Gasteiger partial charge is 0.355 e. The molecule has 0 aliphatic heterocycles. The number of aromatic nitrogens is 2. The molecular formula is C29H33FN4O4S. The van der Waals surface area contributed by atoms with Crippen LogP contribution >= 0.6 is 0 Å². The van der Waals surface area contributed by atoms with Crippen molar-refractivity contribution in [2.24, 2.45) is 0 Å². The number of fused-ring (bicyclic) bond motifs is 1. The highest BCUT2D eigenvalue weighted by Gasteiger charge is 2.26. The number of halogens is 1. The molecule has 8 nitrogen and oxygen atoms in total. The van der Waals surface area contributed by atoms with Crippen LogP contribution in [-0.2, 0) is 14.8 Å². The van der Waals surface area contributed by atoms with Gasteiger partial charge in [-0.15, -0.1) is 0 Å². The van der Waals surface area contributed by atoms with Crippen LogP contribution < -0.4 is 9.62 Å². The molecule has 0 saturated heterocycles. The first-order chi connectivity index (χ1) is 18.5. The molecule has 39 heavy (non-hydrogen) atoms. The van der Waals surface area contributed by atoms with E-state index in [-0.39, 0.29) is 17.9 Å². The van der Waals surface area contributed by atoms with E-state index in [1.165, 1.54) is 47.1 Å². The Morgan fingerprint density at radius 2 is 1.90 bits per heavy atom. The number of carbonyl (C=O) groups is 2. The maximum atomic E-state index is 13.6. The molecule has 1 amide bonds. The van der Waals surface area contributed by atoms with Crippen molar-refractivity contribution in [3.63, 3.8) is 0 Å². The summed E-state index contributed by atoms with van der Waals surface area (Å²) < 4.78 is 42.4. The SMILES string of the molecule is C=CC(=CC(=CC)C(C)=O)c1cc2c(C(=O)NC)c(-c3ccc(F)cc3)nn2cc1N(CCCC)S(C)(=O)=O. The van der Waals surface area contributed by atoms with Crippen LogP contribution in [0.3, 0.4) is 0 Å². The lowest BCUT2D eigenvalue weighted by Gasteiger charge is -2.25. The molecule has 3 aromatic rings. The summed E-state index contributed by atoms with van der Waals surface area (Å²) >= 11 is 0. The van der Waals surface area contributed by atoms with Gasteiger partial charge in [0.2, 0.25) is 10.0 Å². The lowest BCUT2D eigenvalue weighted by atomic mass is 9.98. The van der Waals surface area contributed by atoms with E-state index in [1.807, 2.05) is 6.92 Å². The first kappa shape index (κ1) is 29.5. The number of hydrogen-bond donors (Lipinski definition) is 1. The van der Waals surface area contributed by atoms with E-state index in [2.05, 4.69) is 17.0 Å². The van der Waals surface area contributed by atoms with Crippen LogP contribution in [0.15, 0.2) is 66.9 Å². The molecule has 0 aliphatic rings. The van der Waals surface area contributed by atoms with E-state index in [0.29, 0.717) is 45.6 Å². The molecule has 2 heterocycles. The van der Waals surface area contributed by atoms with Gasteiger partial charge in [-0.05, 0) is 62.2 Å². The van der Waals surface area contributed by atoms with E-state index < -0.39 is 21.7 Å². The Balaban J connectivity index is 2.49. The number of unbranched alkanes of at least 4 members (excludes halogenated alkanes) is 1. The minimum atomic E-state index is -3.73. The van der Waals surface area contributed by atoms with Crippen LogP contribution in [0.25, 0.3) is 22.3 Å². The van der Waals surface area contributed by atoms with Gasteiger partial charge in [0.05, 0.1) is 29.2 Å². The number of rotatable bonds is 11. The van der Waals surface area contributed by atoms with E-state index in [4.69, 9.17) is 0 Å². The Labute approximate surface area is 228 Å². The predicted molar refractivity (Wildman–Crippen MR) is 154 cm³/mol. The molecule has 0 bridgehead atoms. The van der Waals surface area contributed by atoms with E-state index in [9.17, 15) is 22.4 Å². The smallest absolute Gasteiger partial charge is 0.255 e.